The van der Waals surface area contributed by atoms with E-state index in [9.17, 15) is 4.79 Å². The number of aromatic nitrogens is 3. The Kier molecular flexibility index (Phi) is 3.34. The number of nitriles is 1. The Labute approximate surface area is 104 Å². The average molecular weight is 241 g/mol. The molecule has 0 atom stereocenters. The van der Waals surface area contributed by atoms with Crippen molar-refractivity contribution in [3.05, 3.63) is 41.7 Å². The highest BCUT2D eigenvalue weighted by Crippen LogP contribution is 2.06. The summed E-state index contributed by atoms with van der Waals surface area (Å²) >= 11 is 0. The number of benzene rings is 1. The minimum atomic E-state index is -0.203. The van der Waals surface area contributed by atoms with E-state index in [1.54, 1.807) is 23.1 Å². The maximum Gasteiger partial charge on any atom is 0.248 e. The summed E-state index contributed by atoms with van der Waals surface area (Å²) in [5.41, 5.74) is 1.63. The first-order valence-corrected chi connectivity index (χ1v) is 5.33. The van der Waals surface area contributed by atoms with Crippen LogP contribution in [0.2, 0.25) is 0 Å². The molecule has 0 saturated carbocycles. The third-order valence-electron chi connectivity index (χ3n) is 2.25. The molecule has 0 radical (unpaired) electrons. The van der Waals surface area contributed by atoms with Gasteiger partial charge in [-0.3, -0.25) is 10.1 Å². The van der Waals surface area contributed by atoms with Gasteiger partial charge in [0.25, 0.3) is 0 Å². The number of amides is 1. The van der Waals surface area contributed by atoms with E-state index >= 15 is 0 Å². The highest BCUT2D eigenvalue weighted by Gasteiger charge is 2.02. The van der Waals surface area contributed by atoms with E-state index in [-0.39, 0.29) is 11.9 Å². The van der Waals surface area contributed by atoms with E-state index < -0.39 is 0 Å². The van der Waals surface area contributed by atoms with Gasteiger partial charge in [-0.05, 0) is 17.7 Å². The molecule has 0 unspecified atom stereocenters. The molecule has 2 aromatic rings. The minimum absolute atomic E-state index is 0.203. The van der Waals surface area contributed by atoms with Crippen LogP contribution in [0.5, 0.6) is 0 Å². The number of carbonyl (C=O) groups excluding carboxylic acids is 1. The van der Waals surface area contributed by atoms with Crippen LogP contribution in [0.3, 0.4) is 0 Å². The molecule has 0 fully saturated rings. The van der Waals surface area contributed by atoms with Crippen molar-refractivity contribution < 1.29 is 4.79 Å². The Balaban J connectivity index is 2.06. The fourth-order valence-corrected chi connectivity index (χ4v) is 1.46. The summed E-state index contributed by atoms with van der Waals surface area (Å²) in [4.78, 5) is 14.8. The highest BCUT2D eigenvalue weighted by atomic mass is 16.1. The van der Waals surface area contributed by atoms with Crippen LogP contribution in [-0.4, -0.2) is 20.7 Å². The van der Waals surface area contributed by atoms with E-state index in [0.717, 1.165) is 5.56 Å². The van der Waals surface area contributed by atoms with Gasteiger partial charge in [-0.2, -0.15) is 5.26 Å². The van der Waals surface area contributed by atoms with Gasteiger partial charge in [0.2, 0.25) is 11.9 Å². The molecule has 6 nitrogen and oxygen atoms in total. The van der Waals surface area contributed by atoms with Crippen molar-refractivity contribution in [2.24, 2.45) is 0 Å². The molecule has 1 heterocycles. The van der Waals surface area contributed by atoms with Crippen LogP contribution >= 0.6 is 0 Å². The first kappa shape index (κ1) is 11.8. The fourth-order valence-electron chi connectivity index (χ4n) is 1.46. The maximum atomic E-state index is 10.8. The number of anilines is 1. The van der Waals surface area contributed by atoms with Gasteiger partial charge in [0.15, 0.2) is 0 Å². The van der Waals surface area contributed by atoms with E-state index in [0.29, 0.717) is 12.1 Å². The van der Waals surface area contributed by atoms with Crippen LogP contribution in [0, 0.1) is 11.3 Å². The number of nitrogens with one attached hydrogen (secondary N) is 1. The molecule has 0 bridgehead atoms. The van der Waals surface area contributed by atoms with Crippen molar-refractivity contribution >= 4 is 11.9 Å². The predicted octanol–water partition coefficient (Wildman–Crippen LogP) is 1.16. The zero-order valence-electron chi connectivity index (χ0n) is 9.79. The smallest absolute Gasteiger partial charge is 0.248 e. The van der Waals surface area contributed by atoms with Crippen molar-refractivity contribution in [2.75, 3.05) is 5.32 Å². The van der Waals surface area contributed by atoms with Crippen molar-refractivity contribution in [2.45, 2.75) is 13.5 Å². The first-order valence-electron chi connectivity index (χ1n) is 5.33. The van der Waals surface area contributed by atoms with E-state index in [1.807, 2.05) is 12.1 Å². The molecule has 18 heavy (non-hydrogen) atoms. The Morgan fingerprint density at radius 3 is 2.78 bits per heavy atom. The molecular weight excluding hydrogens is 230 g/mol. The molecule has 2 rings (SSSR count). The molecule has 90 valence electrons. The summed E-state index contributed by atoms with van der Waals surface area (Å²) in [7, 11) is 0. The normalized spacial score (nSPS) is 9.78. The third-order valence-corrected chi connectivity index (χ3v) is 2.25. The summed E-state index contributed by atoms with van der Waals surface area (Å²) in [6, 6.07) is 9.28. The second kappa shape index (κ2) is 5.10. The topological polar surface area (TPSA) is 83.6 Å². The second-order valence-electron chi connectivity index (χ2n) is 3.76. The van der Waals surface area contributed by atoms with E-state index in [1.165, 1.54) is 6.92 Å². The summed E-state index contributed by atoms with van der Waals surface area (Å²) in [6.07, 6.45) is 1.55. The lowest BCUT2D eigenvalue weighted by molar-refractivity contribution is -0.114. The molecular formula is C12H11N5O. The van der Waals surface area contributed by atoms with Crippen LogP contribution in [-0.2, 0) is 11.3 Å². The molecule has 1 N–H and O–H groups in total. The molecule has 0 saturated heterocycles. The van der Waals surface area contributed by atoms with Gasteiger partial charge in [-0.25, -0.2) is 9.67 Å². The summed E-state index contributed by atoms with van der Waals surface area (Å²) < 4.78 is 1.62. The summed E-state index contributed by atoms with van der Waals surface area (Å²) in [5.74, 6) is 0.0854. The zero-order valence-corrected chi connectivity index (χ0v) is 9.79. The van der Waals surface area contributed by atoms with Gasteiger partial charge in [-0.1, -0.05) is 12.1 Å². The lowest BCUT2D eigenvalue weighted by Gasteiger charge is -2.00. The van der Waals surface area contributed by atoms with Crippen molar-refractivity contribution in [1.82, 2.24) is 14.8 Å². The monoisotopic (exact) mass is 241 g/mol. The van der Waals surface area contributed by atoms with Gasteiger partial charge < -0.3 is 0 Å². The van der Waals surface area contributed by atoms with E-state index in [4.69, 9.17) is 5.26 Å². The highest BCUT2D eigenvalue weighted by molar-refractivity contribution is 5.86. The summed E-state index contributed by atoms with van der Waals surface area (Å²) in [5, 5.41) is 15.3. The third kappa shape index (κ3) is 2.92. The van der Waals surface area contributed by atoms with Crippen LogP contribution in [0.15, 0.2) is 30.6 Å². The lowest BCUT2D eigenvalue weighted by atomic mass is 10.1. The average Bonchev–Trinajstić information content (AvgIpc) is 2.76. The van der Waals surface area contributed by atoms with Gasteiger partial charge in [-0.15, -0.1) is 5.10 Å². The second-order valence-corrected chi connectivity index (χ2v) is 3.76. The molecule has 0 spiro atoms. The van der Waals surface area contributed by atoms with Gasteiger partial charge in [0.05, 0.1) is 18.2 Å². The van der Waals surface area contributed by atoms with Crippen molar-refractivity contribution in [1.29, 1.82) is 5.26 Å². The van der Waals surface area contributed by atoms with Gasteiger partial charge in [0, 0.05) is 6.92 Å². The molecule has 6 heteroatoms. The molecule has 1 aromatic carbocycles. The molecule has 0 aliphatic carbocycles. The first-order chi connectivity index (χ1) is 8.67. The van der Waals surface area contributed by atoms with E-state index in [2.05, 4.69) is 21.5 Å². The Morgan fingerprint density at radius 2 is 2.17 bits per heavy atom. The number of rotatable bonds is 3. The van der Waals surface area contributed by atoms with Crippen LogP contribution in [0.25, 0.3) is 0 Å². The largest absolute Gasteiger partial charge is 0.293 e. The van der Waals surface area contributed by atoms with Crippen LogP contribution in [0.4, 0.5) is 5.95 Å². The van der Waals surface area contributed by atoms with Crippen molar-refractivity contribution in [3.8, 4) is 6.07 Å². The Morgan fingerprint density at radius 1 is 1.44 bits per heavy atom. The summed E-state index contributed by atoms with van der Waals surface area (Å²) in [6.45, 7) is 1.94. The number of carbonyl (C=O) groups is 1. The quantitative estimate of drug-likeness (QED) is 0.873. The maximum absolute atomic E-state index is 10.8. The number of hydrogen-bond acceptors (Lipinski definition) is 4. The SMILES string of the molecule is CC(=O)Nc1ncn(Cc2ccc(C#N)cc2)n1. The number of hydrogen-bond donors (Lipinski definition) is 1. The van der Waals surface area contributed by atoms with Gasteiger partial charge >= 0.3 is 0 Å². The fraction of sp³-hybridized carbons (Fsp3) is 0.167. The molecule has 1 aromatic heterocycles. The number of nitrogens with zero attached hydrogens (tertiary/aromatic N) is 4. The molecule has 0 aliphatic rings. The minimum Gasteiger partial charge on any atom is -0.293 e. The zero-order chi connectivity index (χ0) is 13.0. The van der Waals surface area contributed by atoms with Crippen LogP contribution in [0.1, 0.15) is 18.1 Å². The standard InChI is InChI=1S/C12H11N5O/c1-9(18)15-12-14-8-17(16-12)7-11-4-2-10(6-13)3-5-11/h2-5,8H,7H2,1H3,(H,15,16,18). The Bertz CT molecular complexity index is 594. The van der Waals surface area contributed by atoms with Crippen molar-refractivity contribution in [3.63, 3.8) is 0 Å². The molecule has 1 amide bonds. The molecule has 0 aliphatic heterocycles. The van der Waals surface area contributed by atoms with Crippen LogP contribution < -0.4 is 5.32 Å². The predicted molar refractivity (Wildman–Crippen MR) is 64.6 cm³/mol. The van der Waals surface area contributed by atoms with Gasteiger partial charge in [0.1, 0.15) is 6.33 Å². The lowest BCUT2D eigenvalue weighted by Crippen LogP contribution is -2.08. The Hall–Kier alpha value is -2.68.